The summed E-state index contributed by atoms with van der Waals surface area (Å²) in [6.45, 7) is 1.97. The Kier molecular flexibility index (Phi) is 6.47. The summed E-state index contributed by atoms with van der Waals surface area (Å²) in [5, 5.41) is 0. The fourth-order valence-corrected chi connectivity index (χ4v) is 1.71. The van der Waals surface area contributed by atoms with Gasteiger partial charge in [0.1, 0.15) is 5.78 Å². The first-order valence-corrected chi connectivity index (χ1v) is 4.70. The predicted octanol–water partition coefficient (Wildman–Crippen LogP) is 2.80. The minimum absolute atomic E-state index is 0.429. The first-order chi connectivity index (χ1) is 5.84. The highest BCUT2D eigenvalue weighted by Crippen LogP contribution is 2.24. The van der Waals surface area contributed by atoms with Gasteiger partial charge in [0.05, 0.1) is 0 Å². The Morgan fingerprint density at radius 2 is 1.75 bits per heavy atom. The molecule has 0 radical (unpaired) electrons. The van der Waals surface area contributed by atoms with E-state index in [-0.39, 0.29) is 0 Å². The van der Waals surface area contributed by atoms with Gasteiger partial charge >= 0.3 is 0 Å². The average molecular weight is 166 g/mol. The van der Waals surface area contributed by atoms with Crippen molar-refractivity contribution >= 4 is 5.78 Å². The fraction of sp³-hybridized carbons (Fsp3) is 0.727. The van der Waals surface area contributed by atoms with E-state index in [1.807, 2.05) is 6.92 Å². The van der Waals surface area contributed by atoms with Gasteiger partial charge in [-0.25, -0.2) is 0 Å². The molecule has 1 rings (SSSR count). The fourth-order valence-electron chi connectivity index (χ4n) is 1.71. The van der Waals surface area contributed by atoms with Crippen LogP contribution in [0.1, 0.15) is 45.4 Å². The molecule has 0 saturated heterocycles. The van der Waals surface area contributed by atoms with E-state index in [4.69, 9.17) is 0 Å². The maximum atomic E-state index is 11.2. The summed E-state index contributed by atoms with van der Waals surface area (Å²) in [7, 11) is 0. The van der Waals surface area contributed by atoms with Gasteiger partial charge in [-0.2, -0.15) is 0 Å². The number of rotatable bonds is 2. The van der Waals surface area contributed by atoms with Crippen LogP contribution in [-0.4, -0.2) is 5.78 Å². The van der Waals surface area contributed by atoms with E-state index in [1.165, 1.54) is 19.3 Å². The third kappa shape index (κ3) is 3.57. The van der Waals surface area contributed by atoms with Crippen LogP contribution in [0.25, 0.3) is 0 Å². The monoisotopic (exact) mass is 166 g/mol. The number of carbonyl (C=O) groups excluding carboxylic acids is 1. The zero-order valence-corrected chi connectivity index (χ0v) is 7.88. The average Bonchev–Trinajstić information content (AvgIpc) is 2.21. The molecule has 0 N–H and O–H groups in total. The maximum absolute atomic E-state index is 11.2. The molecule has 68 valence electrons. The van der Waals surface area contributed by atoms with E-state index in [2.05, 4.69) is 12.8 Å². The Labute approximate surface area is 75.5 Å². The molecule has 0 amide bonds. The Balaban J connectivity index is 0.000000561. The first-order valence-electron chi connectivity index (χ1n) is 4.70. The van der Waals surface area contributed by atoms with Crippen molar-refractivity contribution in [1.29, 1.82) is 0 Å². The van der Waals surface area contributed by atoms with Crippen LogP contribution >= 0.6 is 0 Å². The molecule has 1 fully saturated rings. The molecule has 0 aromatic heterocycles. The van der Waals surface area contributed by atoms with Crippen LogP contribution in [-0.2, 0) is 4.79 Å². The van der Waals surface area contributed by atoms with Crippen LogP contribution in [0.5, 0.6) is 0 Å². The zero-order chi connectivity index (χ0) is 9.40. The lowest BCUT2D eigenvalue weighted by molar-refractivity contribution is -0.123. The van der Waals surface area contributed by atoms with Crippen molar-refractivity contribution in [2.24, 2.45) is 5.92 Å². The van der Waals surface area contributed by atoms with Crippen LogP contribution in [0.4, 0.5) is 0 Å². The second kappa shape index (κ2) is 6.91. The molecule has 1 heteroatoms. The van der Waals surface area contributed by atoms with Gasteiger partial charge in [-0.3, -0.25) is 4.79 Å². The van der Waals surface area contributed by atoms with E-state index in [0.717, 1.165) is 19.3 Å². The molecule has 1 saturated carbocycles. The first kappa shape index (κ1) is 11.2. The Morgan fingerprint density at radius 3 is 2.17 bits per heavy atom. The highest BCUT2D eigenvalue weighted by molar-refractivity contribution is 5.80. The summed E-state index contributed by atoms with van der Waals surface area (Å²) in [6.07, 6.45) is 14.9. The van der Waals surface area contributed by atoms with Crippen LogP contribution in [0.15, 0.2) is 0 Å². The number of ketones is 1. The van der Waals surface area contributed by atoms with Gasteiger partial charge in [-0.1, -0.05) is 26.2 Å². The largest absolute Gasteiger partial charge is 0.299 e. The standard InChI is InChI=1S/C9H16O.C2H2/c1-2-9(10)8-6-4-3-5-7-8;1-2/h8H,2-7H2,1H3;1-2H. The van der Waals surface area contributed by atoms with Gasteiger partial charge in [-0.15, -0.1) is 12.8 Å². The molecule has 0 atom stereocenters. The molecule has 0 spiro atoms. The normalized spacial score (nSPS) is 17.6. The summed E-state index contributed by atoms with van der Waals surface area (Å²) in [6, 6.07) is 0. The minimum Gasteiger partial charge on any atom is -0.299 e. The number of terminal acetylenes is 1. The second-order valence-corrected chi connectivity index (χ2v) is 3.15. The van der Waals surface area contributed by atoms with Crippen molar-refractivity contribution in [1.82, 2.24) is 0 Å². The third-order valence-corrected chi connectivity index (χ3v) is 2.41. The molecule has 0 unspecified atom stereocenters. The van der Waals surface area contributed by atoms with E-state index >= 15 is 0 Å². The van der Waals surface area contributed by atoms with Crippen LogP contribution in [0, 0.1) is 18.8 Å². The minimum atomic E-state index is 0.429. The Bertz CT molecular complexity index is 140. The Morgan fingerprint density at radius 1 is 1.25 bits per heavy atom. The molecule has 12 heavy (non-hydrogen) atoms. The molecule has 0 heterocycles. The number of carbonyl (C=O) groups is 1. The topological polar surface area (TPSA) is 17.1 Å². The van der Waals surface area contributed by atoms with Gasteiger partial charge < -0.3 is 0 Å². The second-order valence-electron chi connectivity index (χ2n) is 3.15. The van der Waals surface area contributed by atoms with Crippen molar-refractivity contribution < 1.29 is 4.79 Å². The lowest BCUT2D eigenvalue weighted by Gasteiger charge is -2.19. The summed E-state index contributed by atoms with van der Waals surface area (Å²) in [5.41, 5.74) is 0. The third-order valence-electron chi connectivity index (χ3n) is 2.41. The molecule has 1 aliphatic rings. The maximum Gasteiger partial charge on any atom is 0.135 e. The van der Waals surface area contributed by atoms with Crippen LogP contribution in [0.3, 0.4) is 0 Å². The van der Waals surface area contributed by atoms with E-state index in [0.29, 0.717) is 11.7 Å². The summed E-state index contributed by atoms with van der Waals surface area (Å²) >= 11 is 0. The van der Waals surface area contributed by atoms with Gasteiger partial charge in [0.2, 0.25) is 0 Å². The molecule has 0 aromatic rings. The number of Topliss-reactive ketones (excluding diaryl/α,β-unsaturated/α-hetero) is 1. The van der Waals surface area contributed by atoms with Gasteiger partial charge in [0, 0.05) is 12.3 Å². The molecule has 1 nitrogen and oxygen atoms in total. The van der Waals surface area contributed by atoms with Crippen LogP contribution < -0.4 is 0 Å². The predicted molar refractivity (Wildman–Crippen MR) is 51.8 cm³/mol. The molecule has 1 aliphatic carbocycles. The van der Waals surface area contributed by atoms with Crippen molar-refractivity contribution in [2.45, 2.75) is 45.4 Å². The van der Waals surface area contributed by atoms with Crippen molar-refractivity contribution in [2.75, 3.05) is 0 Å². The van der Waals surface area contributed by atoms with E-state index < -0.39 is 0 Å². The lowest BCUT2D eigenvalue weighted by atomic mass is 9.85. The van der Waals surface area contributed by atoms with E-state index in [9.17, 15) is 4.79 Å². The molecule has 0 aliphatic heterocycles. The lowest BCUT2D eigenvalue weighted by Crippen LogP contribution is -2.16. The van der Waals surface area contributed by atoms with Crippen LogP contribution in [0.2, 0.25) is 0 Å². The van der Waals surface area contributed by atoms with Gasteiger partial charge in [0.25, 0.3) is 0 Å². The highest BCUT2D eigenvalue weighted by atomic mass is 16.1. The quantitative estimate of drug-likeness (QED) is 0.576. The van der Waals surface area contributed by atoms with Gasteiger partial charge in [-0.05, 0) is 12.8 Å². The Hall–Kier alpha value is -0.770. The number of hydrogen-bond acceptors (Lipinski definition) is 1. The van der Waals surface area contributed by atoms with Gasteiger partial charge in [0.15, 0.2) is 0 Å². The van der Waals surface area contributed by atoms with Crippen molar-refractivity contribution in [3.05, 3.63) is 0 Å². The molecular formula is C11H18O. The van der Waals surface area contributed by atoms with Crippen molar-refractivity contribution in [3.63, 3.8) is 0 Å². The summed E-state index contributed by atoms with van der Waals surface area (Å²) in [5.74, 6) is 0.915. The summed E-state index contributed by atoms with van der Waals surface area (Å²) in [4.78, 5) is 11.2. The summed E-state index contributed by atoms with van der Waals surface area (Å²) < 4.78 is 0. The van der Waals surface area contributed by atoms with E-state index in [1.54, 1.807) is 0 Å². The number of hydrogen-bond donors (Lipinski definition) is 0. The molecule has 0 bridgehead atoms. The van der Waals surface area contributed by atoms with Crippen molar-refractivity contribution in [3.8, 4) is 12.8 Å². The highest BCUT2D eigenvalue weighted by Gasteiger charge is 2.18. The molecule has 0 aromatic carbocycles. The smallest absolute Gasteiger partial charge is 0.135 e. The molecular weight excluding hydrogens is 148 g/mol. The SMILES string of the molecule is C#C.CCC(=O)C1CCCCC1. The zero-order valence-electron chi connectivity index (χ0n) is 7.88.